The molecule has 2 atom stereocenters. The molecule has 0 saturated carbocycles. The SMILES string of the molecule is C/C1=C/C(=O)/C=C(/C)CC[C@@H](C(C)C)/C=C/[C@](C)(O)CCC1. The third kappa shape index (κ3) is 7.22. The monoisotopic (exact) mass is 304 g/mol. The first-order valence-electron chi connectivity index (χ1n) is 8.49. The first kappa shape index (κ1) is 18.9. The van der Waals surface area contributed by atoms with Gasteiger partial charge in [-0.2, -0.15) is 0 Å². The molecular formula is C20H32O2. The zero-order valence-electron chi connectivity index (χ0n) is 14.9. The zero-order chi connectivity index (χ0) is 16.8. The van der Waals surface area contributed by atoms with Crippen LogP contribution >= 0.6 is 0 Å². The van der Waals surface area contributed by atoms with E-state index >= 15 is 0 Å². The van der Waals surface area contributed by atoms with Crippen molar-refractivity contribution >= 4 is 5.78 Å². The van der Waals surface area contributed by atoms with Crippen LogP contribution in [-0.4, -0.2) is 16.5 Å². The number of carbonyl (C=O) groups excluding carboxylic acids is 1. The van der Waals surface area contributed by atoms with Crippen molar-refractivity contribution in [1.82, 2.24) is 0 Å². The van der Waals surface area contributed by atoms with E-state index in [-0.39, 0.29) is 5.78 Å². The molecule has 2 heteroatoms. The van der Waals surface area contributed by atoms with Gasteiger partial charge in [-0.05, 0) is 76.9 Å². The summed E-state index contributed by atoms with van der Waals surface area (Å²) in [5.41, 5.74) is 1.47. The fourth-order valence-corrected chi connectivity index (χ4v) is 2.86. The molecule has 0 heterocycles. The molecule has 1 rings (SSSR count). The van der Waals surface area contributed by atoms with Gasteiger partial charge in [0, 0.05) is 0 Å². The van der Waals surface area contributed by atoms with Crippen LogP contribution in [0, 0.1) is 11.8 Å². The van der Waals surface area contributed by atoms with Crippen LogP contribution in [0.4, 0.5) is 0 Å². The highest BCUT2D eigenvalue weighted by molar-refractivity contribution is 6.00. The smallest absolute Gasteiger partial charge is 0.178 e. The molecule has 0 aromatic carbocycles. The van der Waals surface area contributed by atoms with Gasteiger partial charge in [0.25, 0.3) is 0 Å². The molecular weight excluding hydrogens is 272 g/mol. The molecule has 0 aromatic rings. The summed E-state index contributed by atoms with van der Waals surface area (Å²) in [7, 11) is 0. The number of allylic oxidation sites excluding steroid dienone is 5. The topological polar surface area (TPSA) is 37.3 Å². The molecule has 0 fully saturated rings. The van der Waals surface area contributed by atoms with Crippen molar-refractivity contribution in [3.63, 3.8) is 0 Å². The third-order valence-corrected chi connectivity index (χ3v) is 4.46. The lowest BCUT2D eigenvalue weighted by Crippen LogP contribution is -2.21. The Morgan fingerprint density at radius 1 is 1.18 bits per heavy atom. The molecule has 1 aliphatic carbocycles. The zero-order valence-corrected chi connectivity index (χ0v) is 14.9. The minimum absolute atomic E-state index is 0.0930. The number of ketones is 1. The Hall–Kier alpha value is -1.15. The second-order valence-electron chi connectivity index (χ2n) is 7.40. The van der Waals surface area contributed by atoms with Gasteiger partial charge in [0.05, 0.1) is 5.60 Å². The normalized spacial score (nSPS) is 35.2. The average molecular weight is 304 g/mol. The Kier molecular flexibility index (Phi) is 7.28. The molecule has 0 aliphatic heterocycles. The van der Waals surface area contributed by atoms with Crippen molar-refractivity contribution < 1.29 is 9.90 Å². The minimum Gasteiger partial charge on any atom is -0.386 e. The molecule has 1 N–H and O–H groups in total. The lowest BCUT2D eigenvalue weighted by Gasteiger charge is -2.22. The van der Waals surface area contributed by atoms with E-state index < -0.39 is 5.60 Å². The van der Waals surface area contributed by atoms with Gasteiger partial charge in [0.15, 0.2) is 5.78 Å². The van der Waals surface area contributed by atoms with Crippen LogP contribution < -0.4 is 0 Å². The Labute approximate surface area is 136 Å². The van der Waals surface area contributed by atoms with Gasteiger partial charge in [-0.15, -0.1) is 0 Å². The predicted octanol–water partition coefficient (Wildman–Crippen LogP) is 4.99. The summed E-state index contributed by atoms with van der Waals surface area (Å²) in [5, 5.41) is 10.5. The second kappa shape index (κ2) is 8.47. The maximum atomic E-state index is 12.0. The van der Waals surface area contributed by atoms with E-state index in [1.165, 1.54) is 0 Å². The fourth-order valence-electron chi connectivity index (χ4n) is 2.86. The average Bonchev–Trinajstić information content (AvgIpc) is 2.36. The van der Waals surface area contributed by atoms with Crippen molar-refractivity contribution in [2.45, 2.75) is 72.3 Å². The largest absolute Gasteiger partial charge is 0.386 e. The van der Waals surface area contributed by atoms with Gasteiger partial charge in [0.2, 0.25) is 0 Å². The second-order valence-corrected chi connectivity index (χ2v) is 7.40. The number of rotatable bonds is 1. The maximum absolute atomic E-state index is 12.0. The third-order valence-electron chi connectivity index (χ3n) is 4.46. The van der Waals surface area contributed by atoms with Crippen molar-refractivity contribution in [2.24, 2.45) is 11.8 Å². The Bertz CT molecular complexity index is 464. The molecule has 0 bridgehead atoms. The van der Waals surface area contributed by atoms with Gasteiger partial charge in [0.1, 0.15) is 0 Å². The molecule has 0 unspecified atom stereocenters. The Morgan fingerprint density at radius 3 is 2.36 bits per heavy atom. The molecule has 0 radical (unpaired) electrons. The molecule has 0 amide bonds. The van der Waals surface area contributed by atoms with Gasteiger partial charge >= 0.3 is 0 Å². The molecule has 0 aromatic heterocycles. The Balaban J connectivity index is 2.98. The van der Waals surface area contributed by atoms with Crippen molar-refractivity contribution in [3.8, 4) is 0 Å². The fraction of sp³-hybridized carbons (Fsp3) is 0.650. The quantitative estimate of drug-likeness (QED) is 0.693. The van der Waals surface area contributed by atoms with E-state index in [0.717, 1.165) is 43.3 Å². The van der Waals surface area contributed by atoms with Crippen molar-refractivity contribution in [3.05, 3.63) is 35.5 Å². The lowest BCUT2D eigenvalue weighted by atomic mass is 9.86. The summed E-state index contributed by atoms with van der Waals surface area (Å²) in [4.78, 5) is 12.0. The van der Waals surface area contributed by atoms with E-state index in [1.54, 1.807) is 12.2 Å². The molecule has 2 nitrogen and oxygen atoms in total. The highest BCUT2D eigenvalue weighted by atomic mass is 16.3. The van der Waals surface area contributed by atoms with E-state index in [1.807, 2.05) is 26.8 Å². The van der Waals surface area contributed by atoms with Crippen LogP contribution in [0.3, 0.4) is 0 Å². The van der Waals surface area contributed by atoms with Crippen LogP contribution in [-0.2, 0) is 4.79 Å². The lowest BCUT2D eigenvalue weighted by molar-refractivity contribution is -0.110. The Morgan fingerprint density at radius 2 is 1.77 bits per heavy atom. The summed E-state index contributed by atoms with van der Waals surface area (Å²) in [5.74, 6) is 1.06. The van der Waals surface area contributed by atoms with E-state index in [2.05, 4.69) is 19.9 Å². The van der Waals surface area contributed by atoms with Crippen molar-refractivity contribution in [2.75, 3.05) is 0 Å². The first-order chi connectivity index (χ1) is 10.2. The molecule has 124 valence electrons. The van der Waals surface area contributed by atoms with E-state index in [9.17, 15) is 9.90 Å². The number of hydrogen-bond acceptors (Lipinski definition) is 2. The van der Waals surface area contributed by atoms with Crippen LogP contribution in [0.5, 0.6) is 0 Å². The first-order valence-corrected chi connectivity index (χ1v) is 8.49. The number of aliphatic hydroxyl groups is 1. The summed E-state index contributed by atoms with van der Waals surface area (Å²) < 4.78 is 0. The van der Waals surface area contributed by atoms with Crippen LogP contribution in [0.15, 0.2) is 35.5 Å². The summed E-state index contributed by atoms with van der Waals surface area (Å²) in [6, 6.07) is 0. The number of carbonyl (C=O) groups is 1. The standard InChI is InChI=1S/C20H32O2/c1-15(2)18-9-8-17(4)14-19(21)13-16(3)7-6-11-20(5,22)12-10-18/h10,12-15,18,22H,6-9,11H2,1-5H3/b12-10+,16-13-,17-14-/t18-,20-/m1/s1. The maximum Gasteiger partial charge on any atom is 0.178 e. The van der Waals surface area contributed by atoms with E-state index in [4.69, 9.17) is 0 Å². The summed E-state index contributed by atoms with van der Waals surface area (Å²) in [6.45, 7) is 10.3. The molecule has 0 spiro atoms. The van der Waals surface area contributed by atoms with Gasteiger partial charge in [-0.1, -0.05) is 37.1 Å². The van der Waals surface area contributed by atoms with Gasteiger partial charge < -0.3 is 5.11 Å². The summed E-state index contributed by atoms with van der Waals surface area (Å²) in [6.07, 6.45) is 12.1. The highest BCUT2D eigenvalue weighted by Crippen LogP contribution is 2.25. The van der Waals surface area contributed by atoms with Gasteiger partial charge in [-0.3, -0.25) is 4.79 Å². The van der Waals surface area contributed by atoms with Crippen LogP contribution in [0.25, 0.3) is 0 Å². The predicted molar refractivity (Wildman–Crippen MR) is 93.7 cm³/mol. The molecule has 0 saturated heterocycles. The van der Waals surface area contributed by atoms with Crippen LogP contribution in [0.2, 0.25) is 0 Å². The molecule has 1 aliphatic rings. The van der Waals surface area contributed by atoms with Gasteiger partial charge in [-0.25, -0.2) is 0 Å². The summed E-state index contributed by atoms with van der Waals surface area (Å²) >= 11 is 0. The van der Waals surface area contributed by atoms with Crippen LogP contribution in [0.1, 0.15) is 66.7 Å². The van der Waals surface area contributed by atoms with E-state index in [0.29, 0.717) is 11.8 Å². The minimum atomic E-state index is -0.758. The number of hydrogen-bond donors (Lipinski definition) is 1. The van der Waals surface area contributed by atoms with Crippen molar-refractivity contribution in [1.29, 1.82) is 0 Å². The molecule has 22 heavy (non-hydrogen) atoms. The highest BCUT2D eigenvalue weighted by Gasteiger charge is 2.18.